The molecule has 0 spiro atoms. The van der Waals surface area contributed by atoms with Crippen molar-refractivity contribution in [3.8, 4) is 0 Å². The molecule has 0 unspecified atom stereocenters. The van der Waals surface area contributed by atoms with Crippen LogP contribution in [0.1, 0.15) is 23.1 Å². The maximum absolute atomic E-state index is 14.4. The molecule has 1 atom stereocenters. The molecule has 4 nitrogen and oxygen atoms in total. The Labute approximate surface area is 208 Å². The van der Waals surface area contributed by atoms with Crippen molar-refractivity contribution in [2.24, 2.45) is 0 Å². The Morgan fingerprint density at radius 2 is 1.74 bits per heavy atom. The van der Waals surface area contributed by atoms with Crippen LogP contribution in [0.15, 0.2) is 59.5 Å². The Morgan fingerprint density at radius 1 is 1.03 bits per heavy atom. The molecule has 1 saturated heterocycles. The number of aryl methyl sites for hydroxylation is 1. The van der Waals surface area contributed by atoms with Gasteiger partial charge in [0.15, 0.2) is 0 Å². The average molecular weight is 531 g/mol. The zero-order valence-electron chi connectivity index (χ0n) is 18.2. The van der Waals surface area contributed by atoms with E-state index in [1.807, 2.05) is 0 Å². The fraction of sp³-hybridized carbons (Fsp3) is 0.250. The summed E-state index contributed by atoms with van der Waals surface area (Å²) in [5.74, 6) is -2.11. The van der Waals surface area contributed by atoms with Gasteiger partial charge in [-0.15, -0.1) is 12.4 Å². The summed E-state index contributed by atoms with van der Waals surface area (Å²) >= 11 is 6.18. The first-order valence-electron chi connectivity index (χ1n) is 10.4. The Kier molecular flexibility index (Phi) is 8.18. The molecular formula is C24H23Cl2F3N2O2S. The quantitative estimate of drug-likeness (QED) is 0.448. The Bertz CT molecular complexity index is 1280. The van der Waals surface area contributed by atoms with E-state index in [9.17, 15) is 21.6 Å². The van der Waals surface area contributed by atoms with E-state index in [0.29, 0.717) is 35.7 Å². The van der Waals surface area contributed by atoms with E-state index in [1.165, 1.54) is 40.7 Å². The van der Waals surface area contributed by atoms with Crippen molar-refractivity contribution in [2.75, 3.05) is 17.4 Å². The third-order valence-corrected chi connectivity index (χ3v) is 7.87. The summed E-state index contributed by atoms with van der Waals surface area (Å²) in [5.41, 5.74) is 0.723. The molecule has 0 aromatic heterocycles. The minimum atomic E-state index is -4.20. The average Bonchev–Trinajstić information content (AvgIpc) is 3.28. The van der Waals surface area contributed by atoms with E-state index in [4.69, 9.17) is 11.6 Å². The number of halogens is 5. The van der Waals surface area contributed by atoms with E-state index >= 15 is 0 Å². The van der Waals surface area contributed by atoms with Crippen LogP contribution in [0, 0.1) is 24.4 Å². The maximum atomic E-state index is 14.4. The first-order chi connectivity index (χ1) is 15.7. The lowest BCUT2D eigenvalue weighted by Crippen LogP contribution is -2.42. The highest BCUT2D eigenvalue weighted by Gasteiger charge is 2.35. The van der Waals surface area contributed by atoms with Crippen molar-refractivity contribution in [1.82, 2.24) is 5.32 Å². The van der Waals surface area contributed by atoms with Crippen LogP contribution in [0.2, 0.25) is 5.02 Å². The van der Waals surface area contributed by atoms with Gasteiger partial charge in [-0.3, -0.25) is 4.31 Å². The number of rotatable bonds is 6. The molecule has 10 heteroatoms. The Hall–Kier alpha value is -2.26. The van der Waals surface area contributed by atoms with E-state index in [0.717, 1.165) is 18.2 Å². The van der Waals surface area contributed by atoms with Crippen LogP contribution in [-0.2, 0) is 16.4 Å². The number of hydrogen-bond donors (Lipinski definition) is 1. The van der Waals surface area contributed by atoms with Crippen molar-refractivity contribution < 1.29 is 21.6 Å². The number of nitrogens with zero attached hydrogens (tertiary/aromatic N) is 1. The van der Waals surface area contributed by atoms with Gasteiger partial charge in [0.1, 0.15) is 17.5 Å². The monoisotopic (exact) mass is 530 g/mol. The van der Waals surface area contributed by atoms with E-state index in [-0.39, 0.29) is 35.0 Å². The largest absolute Gasteiger partial charge is 0.315 e. The summed E-state index contributed by atoms with van der Waals surface area (Å²) in [7, 11) is -4.20. The molecule has 0 amide bonds. The van der Waals surface area contributed by atoms with Crippen LogP contribution in [0.4, 0.5) is 18.9 Å². The van der Waals surface area contributed by atoms with Crippen LogP contribution in [0.25, 0.3) is 0 Å². The molecule has 1 N–H and O–H groups in total. The molecule has 1 heterocycles. The second-order valence-electron chi connectivity index (χ2n) is 8.01. The molecule has 182 valence electrons. The van der Waals surface area contributed by atoms with E-state index < -0.39 is 33.5 Å². The topological polar surface area (TPSA) is 49.4 Å². The van der Waals surface area contributed by atoms with Gasteiger partial charge < -0.3 is 5.32 Å². The number of anilines is 1. The molecule has 1 aliphatic heterocycles. The van der Waals surface area contributed by atoms with Gasteiger partial charge in [-0.25, -0.2) is 21.6 Å². The number of benzene rings is 3. The van der Waals surface area contributed by atoms with Crippen molar-refractivity contribution in [3.63, 3.8) is 0 Å². The summed E-state index contributed by atoms with van der Waals surface area (Å²) in [6, 6.07) is 11.4. The van der Waals surface area contributed by atoms with Gasteiger partial charge in [0.2, 0.25) is 0 Å². The lowest BCUT2D eigenvalue weighted by molar-refractivity contribution is 0.561. The smallest absolute Gasteiger partial charge is 0.264 e. The van der Waals surface area contributed by atoms with Gasteiger partial charge in [-0.2, -0.15) is 0 Å². The second-order valence-corrected chi connectivity index (χ2v) is 10.3. The van der Waals surface area contributed by atoms with Crippen LogP contribution in [0.5, 0.6) is 0 Å². The zero-order valence-corrected chi connectivity index (χ0v) is 20.6. The summed E-state index contributed by atoms with van der Waals surface area (Å²) in [6.07, 6.45) is 0.312. The predicted molar refractivity (Wildman–Crippen MR) is 130 cm³/mol. The molecule has 0 saturated carbocycles. The standard InChI is InChI=1S/C24H22ClF3N2O2S.ClH/c1-15-5-7-19(13-23(15)28)33(31,32)30(18-9-10-29-14-18)24-8-6-17(25)11-16(24)12-20-21(26)3-2-4-22(20)27;/h2-8,11,13,18,29H,9-10,12,14H2,1H3;1H/t18-;/m1./s1. The van der Waals surface area contributed by atoms with Gasteiger partial charge in [0, 0.05) is 23.6 Å². The van der Waals surface area contributed by atoms with Gasteiger partial charge >= 0.3 is 0 Å². The minimum absolute atomic E-state index is 0. The molecule has 3 aromatic rings. The molecule has 3 aromatic carbocycles. The van der Waals surface area contributed by atoms with Crippen LogP contribution in [-0.4, -0.2) is 27.5 Å². The summed E-state index contributed by atoms with van der Waals surface area (Å²) in [4.78, 5) is -0.199. The SMILES string of the molecule is Cc1ccc(S(=O)(=O)N(c2ccc(Cl)cc2Cc2c(F)cccc2F)[C@@H]2CCNC2)cc1F.Cl. The normalized spacial score (nSPS) is 15.7. The van der Waals surface area contributed by atoms with Gasteiger partial charge in [-0.1, -0.05) is 23.7 Å². The molecular weight excluding hydrogens is 508 g/mol. The molecule has 0 radical (unpaired) electrons. The fourth-order valence-electron chi connectivity index (χ4n) is 4.01. The van der Waals surface area contributed by atoms with Gasteiger partial charge in [0.25, 0.3) is 10.0 Å². The molecule has 0 bridgehead atoms. The number of sulfonamides is 1. The molecule has 4 rings (SSSR count). The highest BCUT2D eigenvalue weighted by atomic mass is 35.5. The molecule has 1 aliphatic rings. The van der Waals surface area contributed by atoms with Crippen LogP contribution in [0.3, 0.4) is 0 Å². The molecule has 34 heavy (non-hydrogen) atoms. The minimum Gasteiger partial charge on any atom is -0.315 e. The number of nitrogens with one attached hydrogen (secondary N) is 1. The van der Waals surface area contributed by atoms with Crippen LogP contribution < -0.4 is 9.62 Å². The fourth-order valence-corrected chi connectivity index (χ4v) is 5.94. The molecule has 0 aliphatic carbocycles. The van der Waals surface area contributed by atoms with Crippen molar-refractivity contribution in [3.05, 3.63) is 93.8 Å². The van der Waals surface area contributed by atoms with Gasteiger partial charge in [-0.05, 0) is 73.5 Å². The summed E-state index contributed by atoms with van der Waals surface area (Å²) in [5, 5.41) is 3.44. The first-order valence-corrected chi connectivity index (χ1v) is 12.2. The predicted octanol–water partition coefficient (Wildman–Crippen LogP) is 5.64. The maximum Gasteiger partial charge on any atom is 0.264 e. The molecule has 1 fully saturated rings. The summed E-state index contributed by atoms with van der Waals surface area (Å²) in [6.45, 7) is 2.53. The third kappa shape index (κ3) is 5.20. The van der Waals surface area contributed by atoms with Crippen LogP contribution >= 0.6 is 24.0 Å². The zero-order chi connectivity index (χ0) is 23.8. The Balaban J connectivity index is 0.00000324. The van der Waals surface area contributed by atoms with E-state index in [1.54, 1.807) is 6.92 Å². The second kappa shape index (κ2) is 10.6. The summed E-state index contributed by atoms with van der Waals surface area (Å²) < 4.78 is 71.8. The van der Waals surface area contributed by atoms with Gasteiger partial charge in [0.05, 0.1) is 16.6 Å². The van der Waals surface area contributed by atoms with Crippen molar-refractivity contribution in [2.45, 2.75) is 30.7 Å². The lowest BCUT2D eigenvalue weighted by atomic mass is 10.0. The third-order valence-electron chi connectivity index (χ3n) is 5.77. The highest BCUT2D eigenvalue weighted by Crippen LogP contribution is 2.35. The first kappa shape index (κ1) is 26.3. The Morgan fingerprint density at radius 3 is 2.35 bits per heavy atom. The van der Waals surface area contributed by atoms with E-state index in [2.05, 4.69) is 5.32 Å². The highest BCUT2D eigenvalue weighted by molar-refractivity contribution is 7.92. The van der Waals surface area contributed by atoms with Crippen molar-refractivity contribution in [1.29, 1.82) is 0 Å². The van der Waals surface area contributed by atoms with Crippen molar-refractivity contribution >= 4 is 39.7 Å². The lowest BCUT2D eigenvalue weighted by Gasteiger charge is -2.32. The number of hydrogen-bond acceptors (Lipinski definition) is 3.